The monoisotopic (exact) mass is 251 g/mol. The van der Waals surface area contributed by atoms with E-state index in [9.17, 15) is 9.59 Å². The smallest absolute Gasteiger partial charge is 0.307 e. The van der Waals surface area contributed by atoms with Gasteiger partial charge in [-0.25, -0.2) is 0 Å². The highest BCUT2D eigenvalue weighted by atomic mass is 16.5. The molecule has 1 aromatic rings. The lowest BCUT2D eigenvalue weighted by Gasteiger charge is -2.16. The molecule has 5 heteroatoms. The quantitative estimate of drug-likeness (QED) is 0.710. The molecule has 0 aliphatic heterocycles. The minimum absolute atomic E-state index is 0.0400. The van der Waals surface area contributed by atoms with Crippen LogP contribution in [0.4, 0.5) is 0 Å². The van der Waals surface area contributed by atoms with E-state index < -0.39 is 0 Å². The normalized spacial score (nSPS) is 9.67. The van der Waals surface area contributed by atoms with Gasteiger partial charge in [0.1, 0.15) is 5.75 Å². The van der Waals surface area contributed by atoms with Crippen LogP contribution in [0, 0.1) is 0 Å². The van der Waals surface area contributed by atoms with Crippen molar-refractivity contribution < 1.29 is 19.1 Å². The van der Waals surface area contributed by atoms with Crippen molar-refractivity contribution in [2.45, 2.75) is 6.42 Å². The Morgan fingerprint density at radius 2 is 1.89 bits per heavy atom. The molecule has 1 rings (SSSR count). The first-order valence-electron chi connectivity index (χ1n) is 5.62. The third-order valence-corrected chi connectivity index (χ3v) is 2.41. The molecule has 0 radical (unpaired) electrons. The molecule has 0 fully saturated rings. The van der Waals surface area contributed by atoms with E-state index in [1.807, 2.05) is 18.2 Å². The van der Waals surface area contributed by atoms with E-state index >= 15 is 0 Å². The van der Waals surface area contributed by atoms with Gasteiger partial charge in [0.2, 0.25) is 0 Å². The number of likely N-dealkylation sites (N-methyl/N-ethyl adjacent to an activating group) is 1. The second-order valence-electron chi connectivity index (χ2n) is 3.74. The molecule has 0 heterocycles. The first kappa shape index (κ1) is 14.0. The second-order valence-corrected chi connectivity index (χ2v) is 3.74. The summed E-state index contributed by atoms with van der Waals surface area (Å²) in [4.78, 5) is 24.0. The molecule has 0 N–H and O–H groups in total. The molecular weight excluding hydrogens is 234 g/mol. The Bertz CT molecular complexity index is 391. The lowest BCUT2D eigenvalue weighted by Crippen LogP contribution is -2.33. The molecule has 1 amide bonds. The van der Waals surface area contributed by atoms with Gasteiger partial charge in [-0.05, 0) is 12.1 Å². The number of ether oxygens (including phenoxy) is 2. The van der Waals surface area contributed by atoms with Crippen molar-refractivity contribution in [3.8, 4) is 5.75 Å². The van der Waals surface area contributed by atoms with Crippen LogP contribution in [-0.4, -0.2) is 44.1 Å². The third-order valence-electron chi connectivity index (χ3n) is 2.41. The lowest BCUT2D eigenvalue weighted by molar-refractivity contribution is -0.141. The van der Waals surface area contributed by atoms with Crippen molar-refractivity contribution >= 4 is 11.9 Å². The molecule has 0 saturated carbocycles. The Hall–Kier alpha value is -2.04. The van der Waals surface area contributed by atoms with Crippen molar-refractivity contribution in [3.63, 3.8) is 0 Å². The SMILES string of the molecule is COC(=O)CCN(C)C(=O)COc1ccccc1. The Balaban J connectivity index is 2.30. The largest absolute Gasteiger partial charge is 0.484 e. The summed E-state index contributed by atoms with van der Waals surface area (Å²) in [5.74, 6) is 0.133. The molecule has 1 aromatic carbocycles. The van der Waals surface area contributed by atoms with Gasteiger partial charge in [0.25, 0.3) is 5.91 Å². The number of amides is 1. The summed E-state index contributed by atoms with van der Waals surface area (Å²) in [5, 5.41) is 0. The molecule has 5 nitrogen and oxygen atoms in total. The van der Waals surface area contributed by atoms with Gasteiger partial charge in [0, 0.05) is 13.6 Å². The number of methoxy groups -OCH3 is 1. The van der Waals surface area contributed by atoms with Gasteiger partial charge >= 0.3 is 5.97 Å². The molecule has 18 heavy (non-hydrogen) atoms. The molecule has 0 aromatic heterocycles. The summed E-state index contributed by atoms with van der Waals surface area (Å²) >= 11 is 0. The van der Waals surface area contributed by atoms with E-state index in [1.54, 1.807) is 19.2 Å². The van der Waals surface area contributed by atoms with Crippen molar-refractivity contribution in [1.82, 2.24) is 4.90 Å². The average Bonchev–Trinajstić information content (AvgIpc) is 2.42. The molecule has 0 atom stereocenters. The fourth-order valence-corrected chi connectivity index (χ4v) is 1.26. The summed E-state index contributed by atoms with van der Waals surface area (Å²) in [7, 11) is 2.95. The van der Waals surface area contributed by atoms with E-state index in [-0.39, 0.29) is 24.9 Å². The summed E-state index contributed by atoms with van der Waals surface area (Å²) in [6.07, 6.45) is 0.185. The maximum absolute atomic E-state index is 11.7. The Morgan fingerprint density at radius 3 is 2.50 bits per heavy atom. The van der Waals surface area contributed by atoms with Crippen LogP contribution in [0.5, 0.6) is 5.75 Å². The number of benzene rings is 1. The van der Waals surface area contributed by atoms with E-state index in [1.165, 1.54) is 12.0 Å². The predicted molar refractivity (Wildman–Crippen MR) is 66.2 cm³/mol. The van der Waals surface area contributed by atoms with Gasteiger partial charge < -0.3 is 14.4 Å². The zero-order valence-corrected chi connectivity index (χ0v) is 10.6. The van der Waals surface area contributed by atoms with Crippen molar-refractivity contribution in [2.24, 2.45) is 0 Å². The molecular formula is C13H17NO4. The van der Waals surface area contributed by atoms with E-state index in [2.05, 4.69) is 4.74 Å². The van der Waals surface area contributed by atoms with E-state index in [4.69, 9.17) is 4.74 Å². The fourth-order valence-electron chi connectivity index (χ4n) is 1.26. The van der Waals surface area contributed by atoms with Crippen LogP contribution in [0.1, 0.15) is 6.42 Å². The number of carbonyl (C=O) groups excluding carboxylic acids is 2. The first-order chi connectivity index (χ1) is 8.63. The Kier molecular flexibility index (Phi) is 5.70. The van der Waals surface area contributed by atoms with Crippen LogP contribution in [0.25, 0.3) is 0 Å². The summed E-state index contributed by atoms with van der Waals surface area (Å²) in [5.41, 5.74) is 0. The van der Waals surface area contributed by atoms with E-state index in [0.717, 1.165) is 0 Å². The highest BCUT2D eigenvalue weighted by Crippen LogP contribution is 2.08. The number of carbonyl (C=O) groups is 2. The Labute approximate surface area is 106 Å². The van der Waals surface area contributed by atoms with Crippen LogP contribution in [-0.2, 0) is 14.3 Å². The van der Waals surface area contributed by atoms with Gasteiger partial charge in [-0.3, -0.25) is 9.59 Å². The van der Waals surface area contributed by atoms with Gasteiger partial charge in [-0.1, -0.05) is 18.2 Å². The number of nitrogens with zero attached hydrogens (tertiary/aromatic N) is 1. The molecule has 0 saturated heterocycles. The van der Waals surface area contributed by atoms with E-state index in [0.29, 0.717) is 12.3 Å². The summed E-state index contributed by atoms with van der Waals surface area (Å²) < 4.78 is 9.82. The third kappa shape index (κ3) is 4.86. The zero-order chi connectivity index (χ0) is 13.4. The average molecular weight is 251 g/mol. The van der Waals surface area contributed by atoms with Gasteiger partial charge in [-0.15, -0.1) is 0 Å². The minimum Gasteiger partial charge on any atom is -0.484 e. The topological polar surface area (TPSA) is 55.8 Å². The maximum atomic E-state index is 11.7. The zero-order valence-electron chi connectivity index (χ0n) is 10.6. The molecule has 98 valence electrons. The standard InChI is InChI=1S/C13H17NO4/c1-14(9-8-13(16)17-2)12(15)10-18-11-6-4-3-5-7-11/h3-7H,8-10H2,1-2H3. The first-order valence-corrected chi connectivity index (χ1v) is 5.62. The van der Waals surface area contributed by atoms with Crippen LogP contribution in [0.2, 0.25) is 0 Å². The van der Waals surface area contributed by atoms with Crippen LogP contribution >= 0.6 is 0 Å². The van der Waals surface area contributed by atoms with Gasteiger partial charge in [0.05, 0.1) is 13.5 Å². The van der Waals surface area contributed by atoms with Gasteiger partial charge in [0.15, 0.2) is 6.61 Å². The summed E-state index contributed by atoms with van der Waals surface area (Å²) in [6.45, 7) is 0.283. The lowest BCUT2D eigenvalue weighted by atomic mass is 10.3. The number of hydrogen-bond acceptors (Lipinski definition) is 4. The highest BCUT2D eigenvalue weighted by Gasteiger charge is 2.11. The molecule has 0 spiro atoms. The van der Waals surface area contributed by atoms with Crippen molar-refractivity contribution in [1.29, 1.82) is 0 Å². The van der Waals surface area contributed by atoms with Crippen LogP contribution in [0.3, 0.4) is 0 Å². The maximum Gasteiger partial charge on any atom is 0.307 e. The summed E-state index contributed by atoms with van der Waals surface area (Å²) in [6, 6.07) is 9.10. The molecule has 0 bridgehead atoms. The predicted octanol–water partition coefficient (Wildman–Crippen LogP) is 1.09. The van der Waals surface area contributed by atoms with Crippen molar-refractivity contribution in [3.05, 3.63) is 30.3 Å². The van der Waals surface area contributed by atoms with Crippen LogP contribution in [0.15, 0.2) is 30.3 Å². The van der Waals surface area contributed by atoms with Gasteiger partial charge in [-0.2, -0.15) is 0 Å². The van der Waals surface area contributed by atoms with Crippen LogP contribution < -0.4 is 4.74 Å². The van der Waals surface area contributed by atoms with Crippen molar-refractivity contribution in [2.75, 3.05) is 27.3 Å². The molecule has 0 aliphatic rings. The fraction of sp³-hybridized carbons (Fsp3) is 0.385. The number of hydrogen-bond donors (Lipinski definition) is 0. The number of rotatable bonds is 6. The molecule has 0 unspecified atom stereocenters. The minimum atomic E-state index is -0.335. The number of esters is 1. The molecule has 0 aliphatic carbocycles. The number of para-hydroxylation sites is 1. The highest BCUT2D eigenvalue weighted by molar-refractivity contribution is 5.78. The Morgan fingerprint density at radius 1 is 1.22 bits per heavy atom. The second kappa shape index (κ2) is 7.32.